The fourth-order valence-corrected chi connectivity index (χ4v) is 1.35. The summed E-state index contributed by atoms with van der Waals surface area (Å²) < 4.78 is -0.900. The van der Waals surface area contributed by atoms with Crippen LogP contribution in [0.2, 0.25) is 0 Å². The minimum absolute atomic E-state index is 0.269. The van der Waals surface area contributed by atoms with Crippen molar-refractivity contribution in [3.8, 4) is 0 Å². The Labute approximate surface area is 68.3 Å². The molecule has 58 valence electrons. The minimum atomic E-state index is -0.900. The van der Waals surface area contributed by atoms with E-state index in [0.29, 0.717) is 6.54 Å². The van der Waals surface area contributed by atoms with Gasteiger partial charge in [-0.2, -0.15) is 0 Å². The second kappa shape index (κ2) is 2.57. The molecule has 0 radical (unpaired) electrons. The molecule has 1 aliphatic heterocycles. The van der Waals surface area contributed by atoms with Crippen molar-refractivity contribution in [3.63, 3.8) is 0 Å². The number of aliphatic carboxylic acids is 1. The van der Waals surface area contributed by atoms with Crippen LogP contribution < -0.4 is 5.32 Å². The first-order chi connectivity index (χ1) is 4.51. The normalized spacial score (nSPS) is 30.4. The fourth-order valence-electron chi connectivity index (χ4n) is 0.890. The van der Waals surface area contributed by atoms with Gasteiger partial charge in [0.2, 0.25) is 0 Å². The van der Waals surface area contributed by atoms with Crippen LogP contribution >= 0.6 is 23.2 Å². The molecule has 1 heterocycles. The lowest BCUT2D eigenvalue weighted by molar-refractivity contribution is -0.139. The van der Waals surface area contributed by atoms with Gasteiger partial charge < -0.3 is 10.4 Å². The van der Waals surface area contributed by atoms with E-state index in [9.17, 15) is 4.79 Å². The molecule has 1 fully saturated rings. The molecule has 1 aliphatic rings. The molecule has 0 aliphatic carbocycles. The van der Waals surface area contributed by atoms with Crippen molar-refractivity contribution in [2.45, 2.75) is 16.8 Å². The SMILES string of the molecule is O=C(O)C1CC(Cl)(Cl)CN1. The van der Waals surface area contributed by atoms with E-state index in [0.717, 1.165) is 0 Å². The third kappa shape index (κ3) is 1.75. The molecule has 5 heteroatoms. The van der Waals surface area contributed by atoms with Gasteiger partial charge in [0.05, 0.1) is 0 Å². The number of alkyl halides is 2. The van der Waals surface area contributed by atoms with Crippen LogP contribution in [-0.4, -0.2) is 28.0 Å². The summed E-state index contributed by atoms with van der Waals surface area (Å²) in [7, 11) is 0. The zero-order valence-corrected chi connectivity index (χ0v) is 6.61. The quantitative estimate of drug-likeness (QED) is 0.587. The number of carbonyl (C=O) groups is 1. The molecule has 0 aromatic carbocycles. The van der Waals surface area contributed by atoms with E-state index in [1.807, 2.05) is 0 Å². The molecule has 1 saturated heterocycles. The summed E-state index contributed by atoms with van der Waals surface area (Å²) in [5.41, 5.74) is 0. The Morgan fingerprint density at radius 2 is 2.30 bits per heavy atom. The summed E-state index contributed by atoms with van der Waals surface area (Å²) in [6, 6.07) is -0.588. The molecule has 1 rings (SSSR count). The van der Waals surface area contributed by atoms with Crippen LogP contribution in [0.4, 0.5) is 0 Å². The molecule has 0 spiro atoms. The Morgan fingerprint density at radius 1 is 1.70 bits per heavy atom. The molecule has 1 atom stereocenters. The number of carboxylic acid groups (broad SMARTS) is 1. The first-order valence-electron chi connectivity index (χ1n) is 2.85. The second-order valence-corrected chi connectivity index (χ2v) is 3.97. The highest BCUT2D eigenvalue weighted by Gasteiger charge is 2.38. The van der Waals surface area contributed by atoms with Crippen molar-refractivity contribution in [2.24, 2.45) is 0 Å². The van der Waals surface area contributed by atoms with E-state index in [1.165, 1.54) is 0 Å². The third-order valence-corrected chi connectivity index (χ3v) is 1.98. The van der Waals surface area contributed by atoms with Crippen LogP contribution in [0.25, 0.3) is 0 Å². The number of halogens is 2. The van der Waals surface area contributed by atoms with Gasteiger partial charge in [-0.05, 0) is 0 Å². The number of nitrogens with one attached hydrogen (secondary N) is 1. The van der Waals surface area contributed by atoms with E-state index in [1.54, 1.807) is 0 Å². The Hall–Kier alpha value is 0.01000. The number of hydrogen-bond donors (Lipinski definition) is 2. The predicted molar refractivity (Wildman–Crippen MR) is 38.5 cm³/mol. The topological polar surface area (TPSA) is 49.3 Å². The monoisotopic (exact) mass is 183 g/mol. The maximum atomic E-state index is 10.3. The van der Waals surface area contributed by atoms with E-state index in [2.05, 4.69) is 5.32 Å². The summed E-state index contributed by atoms with van der Waals surface area (Å²) in [6.45, 7) is 0.340. The molecular weight excluding hydrogens is 177 g/mol. The van der Waals surface area contributed by atoms with Gasteiger partial charge in [-0.15, -0.1) is 23.2 Å². The number of hydrogen-bond acceptors (Lipinski definition) is 2. The van der Waals surface area contributed by atoms with Crippen LogP contribution in [0.1, 0.15) is 6.42 Å². The predicted octanol–water partition coefficient (Wildman–Crippen LogP) is 0.607. The number of carboxylic acids is 1. The molecule has 0 amide bonds. The van der Waals surface area contributed by atoms with Gasteiger partial charge in [0.15, 0.2) is 0 Å². The zero-order chi connectivity index (χ0) is 7.78. The Morgan fingerprint density at radius 3 is 2.50 bits per heavy atom. The molecule has 0 saturated carbocycles. The highest BCUT2D eigenvalue weighted by Crippen LogP contribution is 2.30. The lowest BCUT2D eigenvalue weighted by atomic mass is 10.2. The molecule has 0 aromatic rings. The van der Waals surface area contributed by atoms with Gasteiger partial charge in [0.1, 0.15) is 10.4 Å². The summed E-state index contributed by atoms with van der Waals surface area (Å²) in [6.07, 6.45) is 0.269. The van der Waals surface area contributed by atoms with Crippen molar-refractivity contribution >= 4 is 29.2 Å². The van der Waals surface area contributed by atoms with Gasteiger partial charge >= 0.3 is 5.97 Å². The molecule has 1 unspecified atom stereocenters. The van der Waals surface area contributed by atoms with Crippen molar-refractivity contribution in [2.75, 3.05) is 6.54 Å². The largest absolute Gasteiger partial charge is 0.480 e. The van der Waals surface area contributed by atoms with Gasteiger partial charge in [0, 0.05) is 13.0 Å². The molecule has 3 nitrogen and oxygen atoms in total. The minimum Gasteiger partial charge on any atom is -0.480 e. The lowest BCUT2D eigenvalue weighted by Crippen LogP contribution is -2.30. The smallest absolute Gasteiger partial charge is 0.320 e. The van der Waals surface area contributed by atoms with Gasteiger partial charge in [0.25, 0.3) is 0 Å². The maximum absolute atomic E-state index is 10.3. The molecule has 0 aromatic heterocycles. The van der Waals surface area contributed by atoms with Crippen LogP contribution in [0.3, 0.4) is 0 Å². The summed E-state index contributed by atoms with van der Waals surface area (Å²) in [5.74, 6) is -0.900. The van der Waals surface area contributed by atoms with Crippen LogP contribution in [0, 0.1) is 0 Å². The lowest BCUT2D eigenvalue weighted by Gasteiger charge is -2.07. The molecule has 10 heavy (non-hydrogen) atoms. The van der Waals surface area contributed by atoms with E-state index in [-0.39, 0.29) is 6.42 Å². The standard InChI is InChI=1S/C5H7Cl2NO2/c6-5(7)1-3(4(9)10)8-2-5/h3,8H,1-2H2,(H,9,10). The first kappa shape index (κ1) is 8.11. The van der Waals surface area contributed by atoms with Gasteiger partial charge in [-0.25, -0.2) is 0 Å². The van der Waals surface area contributed by atoms with Crippen LogP contribution in [-0.2, 0) is 4.79 Å². The van der Waals surface area contributed by atoms with Crippen molar-refractivity contribution < 1.29 is 9.90 Å². The highest BCUT2D eigenvalue weighted by atomic mass is 35.5. The average Bonchev–Trinajstić information content (AvgIpc) is 2.10. The van der Waals surface area contributed by atoms with Gasteiger partial charge in [-0.3, -0.25) is 4.79 Å². The van der Waals surface area contributed by atoms with E-state index >= 15 is 0 Å². The average molecular weight is 184 g/mol. The second-order valence-electron chi connectivity index (χ2n) is 2.33. The van der Waals surface area contributed by atoms with Gasteiger partial charge in [-0.1, -0.05) is 0 Å². The van der Waals surface area contributed by atoms with Crippen LogP contribution in [0.5, 0.6) is 0 Å². The molecule has 0 bridgehead atoms. The summed E-state index contributed by atoms with van der Waals surface area (Å²) >= 11 is 11.3. The summed E-state index contributed by atoms with van der Waals surface area (Å²) in [4.78, 5) is 10.3. The van der Waals surface area contributed by atoms with Crippen molar-refractivity contribution in [1.29, 1.82) is 0 Å². The Bertz CT molecular complexity index is 160. The molecule has 2 N–H and O–H groups in total. The molecular formula is C5H7Cl2NO2. The fraction of sp³-hybridized carbons (Fsp3) is 0.800. The zero-order valence-electron chi connectivity index (χ0n) is 5.10. The Kier molecular flexibility index (Phi) is 2.08. The van der Waals surface area contributed by atoms with E-state index < -0.39 is 16.3 Å². The van der Waals surface area contributed by atoms with Crippen molar-refractivity contribution in [3.05, 3.63) is 0 Å². The first-order valence-corrected chi connectivity index (χ1v) is 3.61. The highest BCUT2D eigenvalue weighted by molar-refractivity contribution is 6.49. The maximum Gasteiger partial charge on any atom is 0.320 e. The van der Waals surface area contributed by atoms with Crippen molar-refractivity contribution in [1.82, 2.24) is 5.32 Å². The third-order valence-electron chi connectivity index (χ3n) is 1.41. The summed E-state index contributed by atoms with van der Waals surface area (Å²) in [5, 5.41) is 11.1. The number of rotatable bonds is 1. The van der Waals surface area contributed by atoms with E-state index in [4.69, 9.17) is 28.3 Å². The van der Waals surface area contributed by atoms with Crippen LogP contribution in [0.15, 0.2) is 0 Å². The Balaban J connectivity index is 2.51.